The van der Waals surface area contributed by atoms with Crippen molar-refractivity contribution in [3.63, 3.8) is 0 Å². The van der Waals surface area contributed by atoms with Crippen LogP contribution in [0.5, 0.6) is 5.75 Å². The molecule has 2 aromatic carbocycles. The first-order valence-electron chi connectivity index (χ1n) is 11.6. The average molecular weight is 485 g/mol. The Bertz CT molecular complexity index is 1100. The van der Waals surface area contributed by atoms with Gasteiger partial charge in [-0.05, 0) is 55.5 Å². The maximum absolute atomic E-state index is 13.9. The van der Waals surface area contributed by atoms with Crippen LogP contribution in [0.2, 0.25) is 0 Å². The second-order valence-electron chi connectivity index (χ2n) is 9.06. The fourth-order valence-corrected chi connectivity index (χ4v) is 4.29. The first-order valence-corrected chi connectivity index (χ1v) is 12.5. The highest BCUT2D eigenvalue weighted by molar-refractivity contribution is 8.00. The van der Waals surface area contributed by atoms with Crippen molar-refractivity contribution in [3.8, 4) is 5.75 Å². The van der Waals surface area contributed by atoms with Crippen LogP contribution in [0, 0.1) is 11.7 Å². The minimum Gasteiger partial charge on any atom is -0.483 e. The molecule has 1 heterocycles. The summed E-state index contributed by atoms with van der Waals surface area (Å²) in [6.07, 6.45) is -0.326. The van der Waals surface area contributed by atoms with E-state index < -0.39 is 11.1 Å². The number of aromatic nitrogens is 3. The van der Waals surface area contributed by atoms with Crippen LogP contribution in [0.3, 0.4) is 0 Å². The zero-order valence-electron chi connectivity index (χ0n) is 20.6. The predicted octanol–water partition coefficient (Wildman–Crippen LogP) is 6.46. The third-order valence-electron chi connectivity index (χ3n) is 5.30. The molecule has 1 N–H and O–H groups in total. The van der Waals surface area contributed by atoms with E-state index >= 15 is 0 Å². The molecule has 34 heavy (non-hydrogen) atoms. The lowest BCUT2D eigenvalue weighted by atomic mass is 10.0. The van der Waals surface area contributed by atoms with Crippen molar-refractivity contribution >= 4 is 23.4 Å². The molecule has 1 aromatic heterocycles. The summed E-state index contributed by atoms with van der Waals surface area (Å²) in [5.41, 5.74) is 1.42. The smallest absolute Gasteiger partial charge is 0.237 e. The second kappa shape index (κ2) is 11.5. The van der Waals surface area contributed by atoms with Crippen LogP contribution in [0.25, 0.3) is 0 Å². The highest BCUT2D eigenvalue weighted by atomic mass is 32.2. The number of hydrogen-bond donors (Lipinski definition) is 1. The molecular weight excluding hydrogens is 451 g/mol. The van der Waals surface area contributed by atoms with E-state index in [1.54, 1.807) is 19.1 Å². The average Bonchev–Trinajstić information content (AvgIpc) is 3.17. The number of carbonyl (C=O) groups is 1. The number of ether oxygens (including phenoxy) is 1. The molecule has 0 saturated heterocycles. The van der Waals surface area contributed by atoms with Crippen molar-refractivity contribution < 1.29 is 13.9 Å². The molecule has 2 atom stereocenters. The number of hydrogen-bond acceptors (Lipinski definition) is 5. The molecule has 3 rings (SSSR count). The lowest BCUT2D eigenvalue weighted by Gasteiger charge is -2.19. The number of nitrogens with one attached hydrogen (secondary N) is 1. The van der Waals surface area contributed by atoms with Crippen molar-refractivity contribution in [3.05, 3.63) is 65.7 Å². The number of rotatable bonds is 10. The van der Waals surface area contributed by atoms with Crippen molar-refractivity contribution in [2.75, 3.05) is 5.32 Å². The SMILES string of the molecule is CC(C)Cn1c(SC(C)C(=O)Nc2ccccc2F)nnc1C(C)Oc1ccc(C(C)C)cc1. The van der Waals surface area contributed by atoms with Gasteiger partial charge in [-0.1, -0.05) is 63.7 Å². The highest BCUT2D eigenvalue weighted by Gasteiger charge is 2.24. The summed E-state index contributed by atoms with van der Waals surface area (Å²) in [6, 6.07) is 14.2. The van der Waals surface area contributed by atoms with Gasteiger partial charge in [0, 0.05) is 6.54 Å². The Labute approximate surface area is 205 Å². The van der Waals surface area contributed by atoms with Crippen LogP contribution in [0.1, 0.15) is 65.0 Å². The van der Waals surface area contributed by atoms with E-state index in [9.17, 15) is 9.18 Å². The van der Waals surface area contributed by atoms with Gasteiger partial charge in [-0.25, -0.2) is 4.39 Å². The van der Waals surface area contributed by atoms with Gasteiger partial charge in [0.2, 0.25) is 5.91 Å². The molecule has 0 fully saturated rings. The number of benzene rings is 2. The molecule has 182 valence electrons. The number of amides is 1. The number of para-hydroxylation sites is 1. The zero-order chi connectivity index (χ0) is 24.8. The Hall–Kier alpha value is -2.87. The maximum Gasteiger partial charge on any atom is 0.237 e. The van der Waals surface area contributed by atoms with E-state index in [0.717, 1.165) is 5.75 Å². The molecule has 0 aliphatic carbocycles. The molecular formula is C26H33FN4O2S. The molecule has 0 aliphatic rings. The quantitative estimate of drug-likeness (QED) is 0.335. The lowest BCUT2D eigenvalue weighted by Crippen LogP contribution is -2.24. The van der Waals surface area contributed by atoms with Crippen molar-refractivity contribution in [2.24, 2.45) is 5.92 Å². The Morgan fingerprint density at radius 1 is 1.03 bits per heavy atom. The third-order valence-corrected chi connectivity index (χ3v) is 6.38. The molecule has 6 nitrogen and oxygen atoms in total. The van der Waals surface area contributed by atoms with Gasteiger partial charge in [-0.2, -0.15) is 0 Å². The summed E-state index contributed by atoms with van der Waals surface area (Å²) in [5.74, 6) is 1.50. The minimum absolute atomic E-state index is 0.162. The maximum atomic E-state index is 13.9. The topological polar surface area (TPSA) is 69.0 Å². The highest BCUT2D eigenvalue weighted by Crippen LogP contribution is 2.29. The summed E-state index contributed by atoms with van der Waals surface area (Å²) in [6.45, 7) is 12.9. The van der Waals surface area contributed by atoms with Crippen LogP contribution in [0.4, 0.5) is 10.1 Å². The van der Waals surface area contributed by atoms with Gasteiger partial charge in [-0.3, -0.25) is 4.79 Å². The standard InChI is InChI=1S/C26H33FN4O2S/c1-16(2)15-31-24(18(5)33-21-13-11-20(12-14-21)17(3)4)29-30-26(31)34-19(6)25(32)28-23-10-8-7-9-22(23)27/h7-14,16-19H,15H2,1-6H3,(H,28,32). The van der Waals surface area contributed by atoms with Crippen LogP contribution in [-0.4, -0.2) is 25.9 Å². The number of thioether (sulfide) groups is 1. The number of carbonyl (C=O) groups excluding carboxylic acids is 1. The molecule has 0 aliphatic heterocycles. The Balaban J connectivity index is 1.74. The summed E-state index contributed by atoms with van der Waals surface area (Å²) in [4.78, 5) is 12.7. The molecule has 0 bridgehead atoms. The molecule has 0 radical (unpaired) electrons. The Kier molecular flexibility index (Phi) is 8.72. The second-order valence-corrected chi connectivity index (χ2v) is 10.4. The van der Waals surface area contributed by atoms with Gasteiger partial charge in [0.05, 0.1) is 10.9 Å². The van der Waals surface area contributed by atoms with Crippen LogP contribution in [0.15, 0.2) is 53.7 Å². The van der Waals surface area contributed by atoms with Crippen molar-refractivity contribution in [2.45, 2.75) is 70.5 Å². The fraction of sp³-hybridized carbons (Fsp3) is 0.423. The molecule has 2 unspecified atom stereocenters. The summed E-state index contributed by atoms with van der Waals surface area (Å²) >= 11 is 1.29. The molecule has 3 aromatic rings. The van der Waals surface area contributed by atoms with E-state index in [0.29, 0.717) is 29.4 Å². The van der Waals surface area contributed by atoms with Crippen molar-refractivity contribution in [1.82, 2.24) is 14.8 Å². The minimum atomic E-state index is -0.498. The van der Waals surface area contributed by atoms with E-state index in [-0.39, 0.29) is 17.7 Å². The summed E-state index contributed by atoms with van der Waals surface area (Å²) in [5, 5.41) is 11.5. The van der Waals surface area contributed by atoms with Gasteiger partial charge in [0.15, 0.2) is 17.1 Å². The Morgan fingerprint density at radius 3 is 2.32 bits per heavy atom. The zero-order valence-corrected chi connectivity index (χ0v) is 21.4. The normalized spacial score (nSPS) is 13.2. The molecule has 8 heteroatoms. The molecule has 0 saturated carbocycles. The third kappa shape index (κ3) is 6.59. The molecule has 1 amide bonds. The first kappa shape index (κ1) is 25.7. The fourth-order valence-electron chi connectivity index (χ4n) is 3.42. The van der Waals surface area contributed by atoms with Crippen molar-refractivity contribution in [1.29, 1.82) is 0 Å². The monoisotopic (exact) mass is 484 g/mol. The number of anilines is 1. The summed E-state index contributed by atoms with van der Waals surface area (Å²) in [7, 11) is 0. The molecule has 0 spiro atoms. The van der Waals surface area contributed by atoms with Crippen LogP contribution >= 0.6 is 11.8 Å². The predicted molar refractivity (Wildman–Crippen MR) is 135 cm³/mol. The van der Waals surface area contributed by atoms with Gasteiger partial charge in [0.1, 0.15) is 11.6 Å². The number of halogens is 1. The van der Waals surface area contributed by atoms with Gasteiger partial charge < -0.3 is 14.6 Å². The Morgan fingerprint density at radius 2 is 1.71 bits per heavy atom. The largest absolute Gasteiger partial charge is 0.483 e. The first-order chi connectivity index (χ1) is 16.2. The van der Waals surface area contributed by atoms with Gasteiger partial charge in [0.25, 0.3) is 0 Å². The summed E-state index contributed by atoms with van der Waals surface area (Å²) < 4.78 is 22.1. The van der Waals surface area contributed by atoms with E-state index in [2.05, 4.69) is 55.3 Å². The van der Waals surface area contributed by atoms with Crippen LogP contribution < -0.4 is 10.1 Å². The van der Waals surface area contributed by atoms with Gasteiger partial charge in [-0.15, -0.1) is 10.2 Å². The van der Waals surface area contributed by atoms with E-state index in [4.69, 9.17) is 4.74 Å². The van der Waals surface area contributed by atoms with E-state index in [1.807, 2.05) is 23.6 Å². The van der Waals surface area contributed by atoms with Gasteiger partial charge >= 0.3 is 0 Å². The number of nitrogens with zero attached hydrogens (tertiary/aromatic N) is 3. The van der Waals surface area contributed by atoms with Crippen LogP contribution in [-0.2, 0) is 11.3 Å². The van der Waals surface area contributed by atoms with E-state index in [1.165, 1.54) is 29.5 Å². The lowest BCUT2D eigenvalue weighted by molar-refractivity contribution is -0.115.